The Balaban J connectivity index is 0.00000208. The van der Waals surface area contributed by atoms with Crippen molar-refractivity contribution in [2.24, 2.45) is 4.99 Å². The second-order valence-electron chi connectivity index (χ2n) is 6.67. The Morgan fingerprint density at radius 3 is 2.50 bits per heavy atom. The van der Waals surface area contributed by atoms with Gasteiger partial charge in [0.05, 0.1) is 11.5 Å². The van der Waals surface area contributed by atoms with E-state index in [0.717, 1.165) is 6.54 Å². The molecule has 0 bridgehead atoms. The molecule has 7 heteroatoms. The zero-order valence-electron chi connectivity index (χ0n) is 14.0. The van der Waals surface area contributed by atoms with Gasteiger partial charge in [0, 0.05) is 25.0 Å². The maximum absolute atomic E-state index is 11.6. The predicted octanol–water partition coefficient (Wildman–Crippen LogP) is 2.08. The van der Waals surface area contributed by atoms with Gasteiger partial charge >= 0.3 is 0 Å². The van der Waals surface area contributed by atoms with Gasteiger partial charge in [-0.05, 0) is 24.8 Å². The summed E-state index contributed by atoms with van der Waals surface area (Å²) in [6.07, 6.45) is 4.27. The first-order valence-electron chi connectivity index (χ1n) is 8.26. The van der Waals surface area contributed by atoms with Crippen LogP contribution in [0.5, 0.6) is 0 Å². The van der Waals surface area contributed by atoms with E-state index >= 15 is 0 Å². The first-order chi connectivity index (χ1) is 11.0. The molecule has 1 aliphatic heterocycles. The summed E-state index contributed by atoms with van der Waals surface area (Å²) in [6.45, 7) is 0.830. The minimum Gasteiger partial charge on any atom is -0.356 e. The molecule has 1 heterocycles. The van der Waals surface area contributed by atoms with Gasteiger partial charge in [-0.15, -0.1) is 24.0 Å². The summed E-state index contributed by atoms with van der Waals surface area (Å²) in [6, 6.07) is 10.6. The fourth-order valence-corrected chi connectivity index (χ4v) is 5.19. The Kier molecular flexibility index (Phi) is 6.52. The maximum atomic E-state index is 11.6. The molecule has 0 spiro atoms. The zero-order chi connectivity index (χ0) is 16.3. The highest BCUT2D eigenvalue weighted by atomic mass is 127. The monoisotopic (exact) mass is 463 g/mol. The number of hydrogen-bond acceptors (Lipinski definition) is 3. The van der Waals surface area contributed by atoms with Crippen molar-refractivity contribution in [2.75, 3.05) is 25.1 Å². The molecule has 2 N–H and O–H groups in total. The smallest absolute Gasteiger partial charge is 0.191 e. The van der Waals surface area contributed by atoms with Crippen LogP contribution in [0.1, 0.15) is 31.2 Å². The number of nitrogens with zero attached hydrogens (tertiary/aromatic N) is 1. The third-order valence-electron chi connectivity index (χ3n) is 5.09. The van der Waals surface area contributed by atoms with Crippen molar-refractivity contribution >= 4 is 39.8 Å². The van der Waals surface area contributed by atoms with E-state index in [2.05, 4.69) is 39.9 Å². The summed E-state index contributed by atoms with van der Waals surface area (Å²) >= 11 is 0. The lowest BCUT2D eigenvalue weighted by molar-refractivity contribution is 0.243. The molecule has 1 saturated heterocycles. The van der Waals surface area contributed by atoms with Gasteiger partial charge in [-0.1, -0.05) is 36.8 Å². The molecular formula is C17H26IN3O2S. The summed E-state index contributed by atoms with van der Waals surface area (Å²) in [5.41, 5.74) is 1.55. The van der Waals surface area contributed by atoms with Crippen LogP contribution in [0.2, 0.25) is 0 Å². The van der Waals surface area contributed by atoms with Gasteiger partial charge in [-0.25, -0.2) is 8.42 Å². The summed E-state index contributed by atoms with van der Waals surface area (Å²) in [7, 11) is -1.14. The molecule has 134 valence electrons. The van der Waals surface area contributed by atoms with E-state index in [4.69, 9.17) is 0 Å². The maximum Gasteiger partial charge on any atom is 0.191 e. The molecule has 1 aliphatic carbocycles. The zero-order valence-corrected chi connectivity index (χ0v) is 17.1. The fraction of sp³-hybridized carbons (Fsp3) is 0.588. The SMILES string of the molecule is CN=C(NCC1(c2ccccc2)CCC1)NC1CCS(=O)(=O)C1.I. The minimum absolute atomic E-state index is 0. The van der Waals surface area contributed by atoms with Crippen molar-refractivity contribution in [3.05, 3.63) is 35.9 Å². The van der Waals surface area contributed by atoms with Crippen molar-refractivity contribution in [1.82, 2.24) is 10.6 Å². The van der Waals surface area contributed by atoms with Crippen LogP contribution in [0.4, 0.5) is 0 Å². The highest BCUT2D eigenvalue weighted by molar-refractivity contribution is 14.0. The normalized spacial score (nSPS) is 24.5. The Labute approximate surface area is 161 Å². The van der Waals surface area contributed by atoms with Crippen LogP contribution in [0.15, 0.2) is 35.3 Å². The third kappa shape index (κ3) is 4.41. The summed E-state index contributed by atoms with van der Waals surface area (Å²) in [4.78, 5) is 4.25. The van der Waals surface area contributed by atoms with E-state index in [9.17, 15) is 8.42 Å². The fourth-order valence-electron chi connectivity index (χ4n) is 3.51. The Morgan fingerprint density at radius 1 is 1.29 bits per heavy atom. The van der Waals surface area contributed by atoms with Crippen LogP contribution in [0, 0.1) is 0 Å². The molecule has 2 fully saturated rings. The van der Waals surface area contributed by atoms with Gasteiger partial charge in [0.25, 0.3) is 0 Å². The van der Waals surface area contributed by atoms with Crippen LogP contribution < -0.4 is 10.6 Å². The largest absolute Gasteiger partial charge is 0.356 e. The molecule has 1 atom stereocenters. The second kappa shape index (κ2) is 8.03. The number of guanidine groups is 1. The van der Waals surface area contributed by atoms with E-state index in [1.54, 1.807) is 7.05 Å². The average Bonchev–Trinajstić information content (AvgIpc) is 2.85. The van der Waals surface area contributed by atoms with E-state index in [1.165, 1.54) is 24.8 Å². The number of hydrogen-bond donors (Lipinski definition) is 2. The standard InChI is InChI=1S/C17H25N3O2S.HI/c1-18-16(20-15-8-11-23(21,22)12-15)19-13-17(9-5-10-17)14-6-3-2-4-7-14;/h2-4,6-7,15H,5,8-13H2,1H3,(H2,18,19,20);1H. The Bertz CT molecular complexity index is 672. The molecular weight excluding hydrogens is 437 g/mol. The molecule has 5 nitrogen and oxygen atoms in total. The van der Waals surface area contributed by atoms with Crippen LogP contribution in [-0.4, -0.2) is 45.5 Å². The minimum atomic E-state index is -2.87. The molecule has 24 heavy (non-hydrogen) atoms. The quantitative estimate of drug-likeness (QED) is 0.408. The lowest BCUT2D eigenvalue weighted by Crippen LogP contribution is -2.51. The van der Waals surface area contributed by atoms with Crippen LogP contribution >= 0.6 is 24.0 Å². The lowest BCUT2D eigenvalue weighted by atomic mass is 9.64. The van der Waals surface area contributed by atoms with Crippen molar-refractivity contribution < 1.29 is 8.42 Å². The van der Waals surface area contributed by atoms with Crippen molar-refractivity contribution in [1.29, 1.82) is 0 Å². The molecule has 0 aromatic heterocycles. The van der Waals surface area contributed by atoms with Crippen molar-refractivity contribution in [3.8, 4) is 0 Å². The molecule has 3 rings (SSSR count). The first-order valence-corrected chi connectivity index (χ1v) is 10.1. The van der Waals surface area contributed by atoms with Gasteiger partial charge < -0.3 is 10.6 Å². The van der Waals surface area contributed by atoms with E-state index < -0.39 is 9.84 Å². The third-order valence-corrected chi connectivity index (χ3v) is 6.86. The molecule has 1 unspecified atom stereocenters. The van der Waals surface area contributed by atoms with E-state index in [0.29, 0.717) is 12.4 Å². The second-order valence-corrected chi connectivity index (χ2v) is 8.90. The Hall–Kier alpha value is -0.830. The molecule has 1 aromatic rings. The number of aliphatic imine (C=N–C) groups is 1. The summed E-state index contributed by atoms with van der Waals surface area (Å²) in [5.74, 6) is 1.18. The van der Waals surface area contributed by atoms with E-state index in [-0.39, 0.29) is 46.9 Å². The molecule has 0 amide bonds. The number of rotatable bonds is 4. The highest BCUT2D eigenvalue weighted by Gasteiger charge is 2.38. The number of sulfone groups is 1. The molecule has 0 radical (unpaired) electrons. The van der Waals surface area contributed by atoms with Gasteiger partial charge in [0.15, 0.2) is 15.8 Å². The number of nitrogens with one attached hydrogen (secondary N) is 2. The van der Waals surface area contributed by atoms with Crippen molar-refractivity contribution in [2.45, 2.75) is 37.1 Å². The average molecular weight is 463 g/mol. The summed E-state index contributed by atoms with van der Waals surface area (Å²) in [5, 5.41) is 6.66. The van der Waals surface area contributed by atoms with Gasteiger partial charge in [-0.3, -0.25) is 4.99 Å². The van der Waals surface area contributed by atoms with Crippen LogP contribution in [0.25, 0.3) is 0 Å². The molecule has 1 saturated carbocycles. The number of halogens is 1. The topological polar surface area (TPSA) is 70.6 Å². The van der Waals surface area contributed by atoms with Crippen molar-refractivity contribution in [3.63, 3.8) is 0 Å². The highest BCUT2D eigenvalue weighted by Crippen LogP contribution is 2.43. The van der Waals surface area contributed by atoms with E-state index in [1.807, 2.05) is 6.07 Å². The summed E-state index contributed by atoms with van der Waals surface area (Å²) < 4.78 is 23.1. The van der Waals surface area contributed by atoms with Gasteiger partial charge in [0.2, 0.25) is 0 Å². The van der Waals surface area contributed by atoms with Gasteiger partial charge in [-0.2, -0.15) is 0 Å². The first kappa shape index (κ1) is 19.5. The van der Waals surface area contributed by atoms with Crippen LogP contribution in [0.3, 0.4) is 0 Å². The number of benzene rings is 1. The van der Waals surface area contributed by atoms with Crippen LogP contribution in [-0.2, 0) is 15.3 Å². The van der Waals surface area contributed by atoms with Gasteiger partial charge in [0.1, 0.15) is 0 Å². The molecule has 1 aromatic carbocycles. The Morgan fingerprint density at radius 2 is 2.00 bits per heavy atom. The molecule has 2 aliphatic rings. The predicted molar refractivity (Wildman–Crippen MR) is 109 cm³/mol. The lowest BCUT2D eigenvalue weighted by Gasteiger charge is -2.43.